The number of amides is 2. The largest absolute Gasteiger partial charge is 0.390 e. The molecule has 3 aliphatic heterocycles. The number of benzene rings is 1. The molecule has 5 atom stereocenters. The Morgan fingerprint density at radius 2 is 1.78 bits per heavy atom. The van der Waals surface area contributed by atoms with E-state index in [1.54, 1.807) is 24.3 Å². The van der Waals surface area contributed by atoms with Crippen LogP contribution in [0.15, 0.2) is 24.3 Å². The molecule has 3 N–H and O–H groups in total. The van der Waals surface area contributed by atoms with E-state index in [2.05, 4.69) is 15.5 Å². The van der Waals surface area contributed by atoms with E-state index in [1.807, 2.05) is 13.8 Å². The van der Waals surface area contributed by atoms with Crippen LogP contribution in [0.3, 0.4) is 0 Å². The summed E-state index contributed by atoms with van der Waals surface area (Å²) in [5, 5.41) is 16.2. The van der Waals surface area contributed by atoms with Crippen molar-refractivity contribution in [1.29, 1.82) is 0 Å². The summed E-state index contributed by atoms with van der Waals surface area (Å²) >= 11 is 0. The Hall–Kier alpha value is -2.34. The molecule has 2 saturated heterocycles. The van der Waals surface area contributed by atoms with Crippen LogP contribution in [0.4, 0.5) is 5.69 Å². The van der Waals surface area contributed by atoms with Crippen LogP contribution in [0.5, 0.6) is 0 Å². The minimum absolute atomic E-state index is 0.156. The number of hydrogen-bond acceptors (Lipinski definition) is 8. The van der Waals surface area contributed by atoms with Crippen molar-refractivity contribution in [2.75, 3.05) is 30.1 Å². The predicted octanol–water partition coefficient (Wildman–Crippen LogP) is 0.305. The highest BCUT2D eigenvalue weighted by atomic mass is 32.2. The van der Waals surface area contributed by atoms with Crippen molar-refractivity contribution < 1.29 is 27.9 Å². The molecule has 2 unspecified atom stereocenters. The fourth-order valence-electron chi connectivity index (χ4n) is 5.87. The normalized spacial score (nSPS) is 27.3. The lowest BCUT2D eigenvalue weighted by Gasteiger charge is -2.41. The van der Waals surface area contributed by atoms with Crippen LogP contribution in [0, 0.1) is 5.92 Å². The van der Waals surface area contributed by atoms with Gasteiger partial charge in [0.15, 0.2) is 21.5 Å². The first-order valence-corrected chi connectivity index (χ1v) is 14.6. The summed E-state index contributed by atoms with van der Waals surface area (Å²) in [6.07, 6.45) is 3.66. The lowest BCUT2D eigenvalue weighted by molar-refractivity contribution is -0.132. The summed E-state index contributed by atoms with van der Waals surface area (Å²) in [4.78, 5) is 43.4. The van der Waals surface area contributed by atoms with Crippen LogP contribution in [0.1, 0.15) is 49.9 Å². The molecule has 10 nitrogen and oxygen atoms in total. The number of Topliss-reactive ketones (excluding diaryl/α,β-unsaturated/α-hetero) is 1. The molecule has 3 heterocycles. The lowest BCUT2D eigenvalue weighted by atomic mass is 9.88. The van der Waals surface area contributed by atoms with Crippen molar-refractivity contribution in [2.24, 2.45) is 5.92 Å². The Morgan fingerprint density at radius 3 is 2.39 bits per heavy atom. The molecule has 4 rings (SSSR count). The highest BCUT2D eigenvalue weighted by Crippen LogP contribution is 2.37. The highest BCUT2D eigenvalue weighted by Gasteiger charge is 2.47. The average Bonchev–Trinajstić information content (AvgIpc) is 3.00. The molecule has 2 amide bonds. The van der Waals surface area contributed by atoms with E-state index < -0.39 is 39.5 Å². The number of fused-ring (bicyclic) bond motifs is 3. The maximum Gasteiger partial charge on any atom is 0.247 e. The summed E-state index contributed by atoms with van der Waals surface area (Å²) < 4.78 is 22.5. The number of aliphatic hydroxyl groups excluding tert-OH is 1. The number of hydrogen-bond donors (Lipinski definition) is 3. The SMILES string of the molecule is CC(C)N1C(=O)C(C(=O)N[C@@H]2C[C@H]3CC[C@@H](C2)N3CC(O)CNCS(C)(=O)=O)C(=O)c2ccccc21. The van der Waals surface area contributed by atoms with E-state index in [-0.39, 0.29) is 36.6 Å². The number of piperidine rings is 1. The first-order chi connectivity index (χ1) is 17.0. The van der Waals surface area contributed by atoms with Crippen LogP contribution in [-0.4, -0.2) is 91.5 Å². The van der Waals surface area contributed by atoms with Gasteiger partial charge in [-0.3, -0.25) is 19.3 Å². The zero-order valence-corrected chi connectivity index (χ0v) is 21.8. The molecular weight excluding hydrogens is 484 g/mol. The third-order valence-corrected chi connectivity index (χ3v) is 8.08. The van der Waals surface area contributed by atoms with Gasteiger partial charge in [-0.1, -0.05) is 12.1 Å². The van der Waals surface area contributed by atoms with Gasteiger partial charge in [0, 0.05) is 49.1 Å². The molecule has 11 heteroatoms. The van der Waals surface area contributed by atoms with Crippen LogP contribution in [0.25, 0.3) is 0 Å². The number of ketones is 1. The molecule has 0 aromatic heterocycles. The molecule has 2 fully saturated rings. The van der Waals surface area contributed by atoms with Gasteiger partial charge in [0.05, 0.1) is 17.7 Å². The number of anilines is 1. The van der Waals surface area contributed by atoms with Crippen LogP contribution < -0.4 is 15.5 Å². The number of carbonyl (C=O) groups excluding carboxylic acids is 3. The van der Waals surface area contributed by atoms with Crippen molar-refractivity contribution in [3.05, 3.63) is 29.8 Å². The molecule has 0 aliphatic carbocycles. The average molecular weight is 521 g/mol. The summed E-state index contributed by atoms with van der Waals surface area (Å²) in [6.45, 7) is 4.32. The van der Waals surface area contributed by atoms with Crippen molar-refractivity contribution in [3.63, 3.8) is 0 Å². The van der Waals surface area contributed by atoms with Crippen LogP contribution in [-0.2, 0) is 19.4 Å². The zero-order chi connectivity index (χ0) is 26.2. The van der Waals surface area contributed by atoms with Crippen LogP contribution in [0.2, 0.25) is 0 Å². The smallest absolute Gasteiger partial charge is 0.247 e. The maximum atomic E-state index is 13.3. The second-order valence-corrected chi connectivity index (χ2v) is 12.7. The monoisotopic (exact) mass is 520 g/mol. The standard InChI is InChI=1S/C25H36N4O6S/c1-15(2)29-21-7-5-4-6-20(21)23(31)22(25(29)33)24(32)27-16-10-17-8-9-18(11-16)28(17)13-19(30)12-26-14-36(3,34)35/h4-7,15-19,22,26,30H,8-14H2,1-3H3,(H,27,32)/t16-,17-,18+,19?,22?. The minimum Gasteiger partial charge on any atom is -0.390 e. The molecule has 2 bridgehead atoms. The number of nitrogens with one attached hydrogen (secondary N) is 2. The second-order valence-electron chi connectivity index (χ2n) is 10.6. The molecule has 1 aromatic carbocycles. The van der Waals surface area contributed by atoms with Crippen molar-refractivity contribution in [3.8, 4) is 0 Å². The maximum absolute atomic E-state index is 13.3. The predicted molar refractivity (Wildman–Crippen MR) is 135 cm³/mol. The molecule has 0 spiro atoms. The summed E-state index contributed by atoms with van der Waals surface area (Å²) in [5.74, 6) is -3.07. The number of carbonyl (C=O) groups is 3. The molecule has 0 radical (unpaired) electrons. The Morgan fingerprint density at radius 1 is 1.14 bits per heavy atom. The number of aliphatic hydroxyl groups is 1. The number of sulfone groups is 1. The van der Waals surface area contributed by atoms with Gasteiger partial charge in [-0.15, -0.1) is 0 Å². The molecule has 198 valence electrons. The van der Waals surface area contributed by atoms with E-state index in [0.29, 0.717) is 30.6 Å². The first kappa shape index (κ1) is 26.7. The van der Waals surface area contributed by atoms with Gasteiger partial charge in [0.2, 0.25) is 11.8 Å². The van der Waals surface area contributed by atoms with E-state index in [4.69, 9.17) is 0 Å². The second kappa shape index (κ2) is 10.6. The van der Waals surface area contributed by atoms with Gasteiger partial charge < -0.3 is 20.6 Å². The Bertz CT molecular complexity index is 1110. The van der Waals surface area contributed by atoms with Gasteiger partial charge in [0.1, 0.15) is 0 Å². The highest BCUT2D eigenvalue weighted by molar-refractivity contribution is 7.90. The Kier molecular flexibility index (Phi) is 7.84. The number of nitrogens with zero attached hydrogens (tertiary/aromatic N) is 2. The van der Waals surface area contributed by atoms with Gasteiger partial charge >= 0.3 is 0 Å². The zero-order valence-electron chi connectivity index (χ0n) is 21.0. The lowest BCUT2D eigenvalue weighted by Crippen LogP contribution is -2.57. The number of rotatable bonds is 9. The molecule has 0 saturated carbocycles. The van der Waals surface area contributed by atoms with Crippen LogP contribution >= 0.6 is 0 Å². The van der Waals surface area contributed by atoms with E-state index in [1.165, 1.54) is 4.90 Å². The van der Waals surface area contributed by atoms with Gasteiger partial charge in [-0.25, -0.2) is 8.42 Å². The molecular formula is C25H36N4O6S. The van der Waals surface area contributed by atoms with Crippen molar-refractivity contribution in [1.82, 2.24) is 15.5 Å². The van der Waals surface area contributed by atoms with Gasteiger partial charge in [-0.2, -0.15) is 0 Å². The summed E-state index contributed by atoms with van der Waals surface area (Å²) in [7, 11) is -3.15. The third-order valence-electron chi connectivity index (χ3n) is 7.35. The fourth-order valence-corrected chi connectivity index (χ4v) is 6.36. The number of para-hydroxylation sites is 1. The van der Waals surface area contributed by atoms with Gasteiger partial charge in [-0.05, 0) is 51.7 Å². The summed E-state index contributed by atoms with van der Waals surface area (Å²) in [6, 6.07) is 6.90. The van der Waals surface area contributed by atoms with E-state index >= 15 is 0 Å². The third kappa shape index (κ3) is 5.64. The van der Waals surface area contributed by atoms with E-state index in [0.717, 1.165) is 19.1 Å². The fraction of sp³-hybridized carbons (Fsp3) is 0.640. The molecule has 36 heavy (non-hydrogen) atoms. The quantitative estimate of drug-likeness (QED) is 0.396. The molecule has 3 aliphatic rings. The first-order valence-electron chi connectivity index (χ1n) is 12.5. The Labute approximate surface area is 212 Å². The Balaban J connectivity index is 1.38. The molecule has 1 aromatic rings. The minimum atomic E-state index is -3.15. The van der Waals surface area contributed by atoms with Gasteiger partial charge in [0.25, 0.3) is 0 Å². The van der Waals surface area contributed by atoms with E-state index in [9.17, 15) is 27.9 Å². The topological polar surface area (TPSA) is 136 Å². The van der Waals surface area contributed by atoms with Crippen molar-refractivity contribution in [2.45, 2.75) is 69.8 Å². The van der Waals surface area contributed by atoms with Crippen molar-refractivity contribution >= 4 is 33.1 Å². The summed E-state index contributed by atoms with van der Waals surface area (Å²) in [5.41, 5.74) is 0.932.